The van der Waals surface area contributed by atoms with E-state index in [9.17, 15) is 19.2 Å². The Hall–Kier alpha value is -2.75. The van der Waals surface area contributed by atoms with Crippen LogP contribution in [0, 0.1) is 0 Å². The smallest absolute Gasteiger partial charge is 0.329 e. The number of thioether (sulfide) groups is 1. The van der Waals surface area contributed by atoms with Gasteiger partial charge in [-0.2, -0.15) is 11.8 Å². The minimum absolute atomic E-state index is 0.226. The SMILES string of the molecule is COc1ccc(C(=O)N[C@H](CCSC)C(=O)O[C@@H](C)C(=O)N2CCNC2=O)cc1. The second-order valence-corrected chi connectivity index (χ2v) is 7.32. The van der Waals surface area contributed by atoms with Crippen LogP contribution in [0.5, 0.6) is 5.75 Å². The first-order chi connectivity index (χ1) is 13.9. The molecule has 1 saturated heterocycles. The molecular weight excluding hydrogens is 398 g/mol. The molecule has 1 fully saturated rings. The molecule has 9 nitrogen and oxygen atoms in total. The Bertz CT molecular complexity index is 755. The lowest BCUT2D eigenvalue weighted by Gasteiger charge is -2.22. The third-order valence-electron chi connectivity index (χ3n) is 4.32. The van der Waals surface area contributed by atoms with Crippen molar-refractivity contribution in [1.82, 2.24) is 15.5 Å². The van der Waals surface area contributed by atoms with Gasteiger partial charge in [0.15, 0.2) is 6.10 Å². The molecule has 0 aliphatic carbocycles. The summed E-state index contributed by atoms with van der Waals surface area (Å²) in [6.45, 7) is 1.99. The van der Waals surface area contributed by atoms with E-state index in [0.717, 1.165) is 4.90 Å². The number of rotatable bonds is 9. The van der Waals surface area contributed by atoms with Crippen LogP contribution >= 0.6 is 11.8 Å². The summed E-state index contributed by atoms with van der Waals surface area (Å²) in [5.41, 5.74) is 0.366. The summed E-state index contributed by atoms with van der Waals surface area (Å²) >= 11 is 1.52. The number of nitrogens with one attached hydrogen (secondary N) is 2. The average molecular weight is 423 g/mol. The summed E-state index contributed by atoms with van der Waals surface area (Å²) in [4.78, 5) is 50.0. The topological polar surface area (TPSA) is 114 Å². The lowest BCUT2D eigenvalue weighted by atomic mass is 10.1. The summed E-state index contributed by atoms with van der Waals surface area (Å²) in [7, 11) is 1.53. The molecule has 158 valence electrons. The molecule has 29 heavy (non-hydrogen) atoms. The number of hydrogen-bond donors (Lipinski definition) is 2. The number of methoxy groups -OCH3 is 1. The second kappa shape index (κ2) is 10.7. The van der Waals surface area contributed by atoms with Gasteiger partial charge in [0.25, 0.3) is 11.8 Å². The van der Waals surface area contributed by atoms with Gasteiger partial charge >= 0.3 is 12.0 Å². The number of carbonyl (C=O) groups is 4. The highest BCUT2D eigenvalue weighted by molar-refractivity contribution is 7.98. The van der Waals surface area contributed by atoms with Gasteiger partial charge in [0, 0.05) is 18.7 Å². The normalized spacial score (nSPS) is 15.3. The van der Waals surface area contributed by atoms with Crippen molar-refractivity contribution in [2.24, 2.45) is 0 Å². The summed E-state index contributed by atoms with van der Waals surface area (Å²) in [5.74, 6) is -0.536. The van der Waals surface area contributed by atoms with Gasteiger partial charge in [-0.05, 0) is 49.6 Å². The molecule has 0 unspecified atom stereocenters. The van der Waals surface area contributed by atoms with E-state index in [4.69, 9.17) is 9.47 Å². The highest BCUT2D eigenvalue weighted by Crippen LogP contribution is 2.13. The molecule has 0 spiro atoms. The number of benzene rings is 1. The van der Waals surface area contributed by atoms with E-state index >= 15 is 0 Å². The maximum atomic E-state index is 12.6. The molecule has 0 saturated carbocycles. The minimum atomic E-state index is -1.14. The molecule has 0 bridgehead atoms. The van der Waals surface area contributed by atoms with E-state index in [1.165, 1.54) is 25.8 Å². The fourth-order valence-corrected chi connectivity index (χ4v) is 3.15. The number of carbonyl (C=O) groups excluding carboxylic acids is 4. The maximum absolute atomic E-state index is 12.6. The van der Waals surface area contributed by atoms with Crippen LogP contribution in [0.4, 0.5) is 4.79 Å². The molecule has 2 rings (SSSR count). The predicted molar refractivity (Wildman–Crippen MR) is 108 cm³/mol. The third-order valence-corrected chi connectivity index (χ3v) is 4.96. The van der Waals surface area contributed by atoms with Gasteiger partial charge in [-0.3, -0.25) is 14.5 Å². The molecule has 10 heteroatoms. The van der Waals surface area contributed by atoms with Gasteiger partial charge in [-0.15, -0.1) is 0 Å². The van der Waals surface area contributed by atoms with E-state index in [1.54, 1.807) is 24.3 Å². The van der Waals surface area contributed by atoms with Crippen LogP contribution in [0.3, 0.4) is 0 Å². The van der Waals surface area contributed by atoms with Crippen LogP contribution in [0.25, 0.3) is 0 Å². The van der Waals surface area contributed by atoms with Crippen molar-refractivity contribution in [2.75, 3.05) is 32.2 Å². The van der Waals surface area contributed by atoms with Crippen molar-refractivity contribution in [1.29, 1.82) is 0 Å². The van der Waals surface area contributed by atoms with E-state index in [1.807, 2.05) is 6.26 Å². The Morgan fingerprint density at radius 1 is 1.28 bits per heavy atom. The van der Waals surface area contributed by atoms with Crippen LogP contribution in [-0.4, -0.2) is 73.1 Å². The molecule has 0 aromatic heterocycles. The summed E-state index contributed by atoms with van der Waals surface area (Å²) in [6, 6.07) is 5.04. The van der Waals surface area contributed by atoms with Crippen LogP contribution in [0.1, 0.15) is 23.7 Å². The molecule has 1 aliphatic heterocycles. The third kappa shape index (κ3) is 6.11. The predicted octanol–water partition coefficient (Wildman–Crippen LogP) is 1.03. The standard InChI is InChI=1S/C19H25N3O6S/c1-12(17(24)22-10-9-20-19(22)26)28-18(25)15(8-11-29-3)21-16(23)13-4-6-14(27-2)7-5-13/h4-7,12,15H,8-11H2,1-3H3,(H,20,26)(H,21,23)/t12-,15+/m0/s1. The highest BCUT2D eigenvalue weighted by atomic mass is 32.2. The molecule has 1 heterocycles. The Morgan fingerprint density at radius 2 is 1.97 bits per heavy atom. The monoisotopic (exact) mass is 423 g/mol. The molecular formula is C19H25N3O6S. The maximum Gasteiger partial charge on any atom is 0.329 e. The number of urea groups is 1. The van der Waals surface area contributed by atoms with Crippen molar-refractivity contribution in [3.05, 3.63) is 29.8 Å². The van der Waals surface area contributed by atoms with Gasteiger partial charge in [0.05, 0.1) is 7.11 Å². The van der Waals surface area contributed by atoms with Gasteiger partial charge in [0.2, 0.25) is 0 Å². The first-order valence-electron chi connectivity index (χ1n) is 9.11. The quantitative estimate of drug-likeness (QED) is 0.570. The van der Waals surface area contributed by atoms with Crippen molar-refractivity contribution in [3.8, 4) is 5.75 Å². The molecule has 1 aromatic carbocycles. The summed E-state index contributed by atoms with van der Waals surface area (Å²) in [5, 5.41) is 5.17. The minimum Gasteiger partial charge on any atom is -0.497 e. The zero-order valence-electron chi connectivity index (χ0n) is 16.6. The van der Waals surface area contributed by atoms with E-state index < -0.39 is 36.0 Å². The Morgan fingerprint density at radius 3 is 2.52 bits per heavy atom. The molecule has 4 amide bonds. The van der Waals surface area contributed by atoms with Crippen LogP contribution in [0.15, 0.2) is 24.3 Å². The summed E-state index contributed by atoms with van der Waals surface area (Å²) in [6.07, 6.45) is 1.08. The van der Waals surface area contributed by atoms with Crippen molar-refractivity contribution in [2.45, 2.75) is 25.5 Å². The average Bonchev–Trinajstić information content (AvgIpc) is 3.15. The van der Waals surface area contributed by atoms with Crippen LogP contribution in [-0.2, 0) is 14.3 Å². The van der Waals surface area contributed by atoms with E-state index in [2.05, 4.69) is 10.6 Å². The number of nitrogens with zero attached hydrogens (tertiary/aromatic N) is 1. The molecule has 1 aromatic rings. The first kappa shape index (κ1) is 22.5. The van der Waals surface area contributed by atoms with Gasteiger partial charge in [-0.25, -0.2) is 9.59 Å². The summed E-state index contributed by atoms with van der Waals surface area (Å²) < 4.78 is 10.3. The van der Waals surface area contributed by atoms with Gasteiger partial charge in [-0.1, -0.05) is 0 Å². The molecule has 1 aliphatic rings. The van der Waals surface area contributed by atoms with E-state index in [-0.39, 0.29) is 6.54 Å². The molecule has 2 N–H and O–H groups in total. The van der Waals surface area contributed by atoms with Crippen molar-refractivity contribution >= 4 is 35.6 Å². The van der Waals surface area contributed by atoms with Crippen LogP contribution in [0.2, 0.25) is 0 Å². The second-order valence-electron chi connectivity index (χ2n) is 6.34. The van der Waals surface area contributed by atoms with Gasteiger partial charge < -0.3 is 20.1 Å². The fraction of sp³-hybridized carbons (Fsp3) is 0.474. The van der Waals surface area contributed by atoms with Crippen molar-refractivity contribution < 1.29 is 28.7 Å². The Kier molecular flexibility index (Phi) is 8.32. The lowest BCUT2D eigenvalue weighted by Crippen LogP contribution is -2.46. The number of ether oxygens (including phenoxy) is 2. The molecule has 0 radical (unpaired) electrons. The van der Waals surface area contributed by atoms with Crippen molar-refractivity contribution in [3.63, 3.8) is 0 Å². The van der Waals surface area contributed by atoms with Crippen LogP contribution < -0.4 is 15.4 Å². The fourth-order valence-electron chi connectivity index (χ4n) is 2.68. The molecule has 2 atom stereocenters. The highest BCUT2D eigenvalue weighted by Gasteiger charge is 2.33. The number of imide groups is 1. The first-order valence-corrected chi connectivity index (χ1v) is 10.5. The van der Waals surface area contributed by atoms with E-state index in [0.29, 0.717) is 30.0 Å². The number of hydrogen-bond acceptors (Lipinski definition) is 7. The zero-order chi connectivity index (χ0) is 21.4. The zero-order valence-corrected chi connectivity index (χ0v) is 17.4. The Labute approximate surface area is 173 Å². The van der Waals surface area contributed by atoms with Gasteiger partial charge in [0.1, 0.15) is 11.8 Å². The Balaban J connectivity index is 2.01. The number of amides is 4. The lowest BCUT2D eigenvalue weighted by molar-refractivity contribution is -0.159. The largest absolute Gasteiger partial charge is 0.497 e. The number of esters is 1.